The van der Waals surface area contributed by atoms with Crippen molar-refractivity contribution in [3.05, 3.63) is 24.3 Å². The number of carbonyl (C=O) groups is 1. The van der Waals surface area contributed by atoms with Crippen LogP contribution in [0, 0.1) is 5.92 Å². The summed E-state index contributed by atoms with van der Waals surface area (Å²) in [5, 5.41) is 3.11. The third-order valence-electron chi connectivity index (χ3n) is 5.41. The molecule has 2 amide bonds. The first-order valence-electron chi connectivity index (χ1n) is 9.32. The fraction of sp³-hybridized carbons (Fsp3) is 0.632. The molecule has 5 nitrogen and oxygen atoms in total. The van der Waals surface area contributed by atoms with Crippen LogP contribution in [0.4, 0.5) is 16.2 Å². The lowest BCUT2D eigenvalue weighted by Crippen LogP contribution is -2.51. The number of amides is 2. The highest BCUT2D eigenvalue weighted by atomic mass is 16.5. The molecule has 1 saturated carbocycles. The molecule has 0 spiro atoms. The minimum absolute atomic E-state index is 0.0194. The van der Waals surface area contributed by atoms with Gasteiger partial charge in [0.2, 0.25) is 0 Å². The zero-order valence-corrected chi connectivity index (χ0v) is 14.2. The van der Waals surface area contributed by atoms with E-state index in [0.29, 0.717) is 25.7 Å². The van der Waals surface area contributed by atoms with Crippen molar-refractivity contribution in [2.45, 2.75) is 38.1 Å². The van der Waals surface area contributed by atoms with Crippen molar-refractivity contribution in [3.8, 4) is 0 Å². The van der Waals surface area contributed by atoms with Gasteiger partial charge in [-0.3, -0.25) is 0 Å². The fourth-order valence-corrected chi connectivity index (χ4v) is 3.87. The average molecular weight is 329 g/mol. The molecule has 1 aliphatic carbocycles. The number of hydrogen-bond donors (Lipinski definition) is 1. The molecule has 2 aliphatic heterocycles. The standard InChI is InChI=1S/C19H27N3O2/c23-19(22-11-12-24-14-18(22)15-7-8-15)20-16-5-4-6-17(13-16)21-9-2-1-3-10-21/h4-6,13,15,18H,1-3,7-12,14H2,(H,20,23). The zero-order valence-electron chi connectivity index (χ0n) is 14.2. The Morgan fingerprint density at radius 1 is 1.12 bits per heavy atom. The SMILES string of the molecule is O=C(Nc1cccc(N2CCCCC2)c1)N1CCOCC1C1CC1. The molecule has 1 aromatic carbocycles. The van der Waals surface area contributed by atoms with Gasteiger partial charge < -0.3 is 19.9 Å². The Labute approximate surface area is 144 Å². The van der Waals surface area contributed by atoms with Gasteiger partial charge in [-0.15, -0.1) is 0 Å². The number of anilines is 2. The number of nitrogens with one attached hydrogen (secondary N) is 1. The summed E-state index contributed by atoms with van der Waals surface area (Å²) in [4.78, 5) is 17.1. The van der Waals surface area contributed by atoms with E-state index in [1.807, 2.05) is 17.0 Å². The smallest absolute Gasteiger partial charge is 0.322 e. The summed E-state index contributed by atoms with van der Waals surface area (Å²) in [5.41, 5.74) is 2.11. The molecule has 2 saturated heterocycles. The van der Waals surface area contributed by atoms with Crippen LogP contribution in [0.2, 0.25) is 0 Å². The summed E-state index contributed by atoms with van der Waals surface area (Å²) in [5.74, 6) is 0.635. The number of hydrogen-bond acceptors (Lipinski definition) is 3. The van der Waals surface area contributed by atoms with Crippen molar-refractivity contribution in [2.75, 3.05) is 43.1 Å². The molecular formula is C19H27N3O2. The normalized spacial score (nSPS) is 24.8. The maximum Gasteiger partial charge on any atom is 0.322 e. The van der Waals surface area contributed by atoms with E-state index in [1.165, 1.54) is 37.8 Å². The van der Waals surface area contributed by atoms with Gasteiger partial charge in [-0.1, -0.05) is 6.07 Å². The highest BCUT2D eigenvalue weighted by Crippen LogP contribution is 2.36. The van der Waals surface area contributed by atoms with Gasteiger partial charge in [0.15, 0.2) is 0 Å². The van der Waals surface area contributed by atoms with E-state index < -0.39 is 0 Å². The van der Waals surface area contributed by atoms with Crippen LogP contribution in [0.1, 0.15) is 32.1 Å². The monoisotopic (exact) mass is 329 g/mol. The Bertz CT molecular complexity index is 582. The topological polar surface area (TPSA) is 44.8 Å². The highest BCUT2D eigenvalue weighted by molar-refractivity contribution is 5.90. The number of urea groups is 1. The molecule has 1 aromatic rings. The summed E-state index contributed by atoms with van der Waals surface area (Å²) < 4.78 is 5.58. The summed E-state index contributed by atoms with van der Waals surface area (Å²) in [6.07, 6.45) is 6.29. The zero-order chi connectivity index (χ0) is 16.4. The minimum atomic E-state index is 0.0194. The number of morpholine rings is 1. The predicted molar refractivity (Wildman–Crippen MR) is 95.6 cm³/mol. The van der Waals surface area contributed by atoms with E-state index in [4.69, 9.17) is 4.74 Å². The Balaban J connectivity index is 1.43. The molecule has 24 heavy (non-hydrogen) atoms. The molecule has 5 heteroatoms. The molecule has 0 radical (unpaired) electrons. The second-order valence-electron chi connectivity index (χ2n) is 7.20. The van der Waals surface area contributed by atoms with Crippen molar-refractivity contribution < 1.29 is 9.53 Å². The van der Waals surface area contributed by atoms with Gasteiger partial charge in [-0.2, -0.15) is 0 Å². The van der Waals surface area contributed by atoms with Gasteiger partial charge in [0.05, 0.1) is 19.3 Å². The minimum Gasteiger partial charge on any atom is -0.377 e. The molecule has 0 bridgehead atoms. The van der Waals surface area contributed by atoms with Crippen molar-refractivity contribution in [2.24, 2.45) is 5.92 Å². The van der Waals surface area contributed by atoms with Gasteiger partial charge in [-0.25, -0.2) is 4.79 Å². The Morgan fingerprint density at radius 2 is 1.96 bits per heavy atom. The Morgan fingerprint density at radius 3 is 2.75 bits per heavy atom. The van der Waals surface area contributed by atoms with Crippen LogP contribution in [0.25, 0.3) is 0 Å². The molecule has 3 fully saturated rings. The largest absolute Gasteiger partial charge is 0.377 e. The number of nitrogens with zero attached hydrogens (tertiary/aromatic N) is 2. The average Bonchev–Trinajstić information content (AvgIpc) is 3.48. The van der Waals surface area contributed by atoms with Crippen LogP contribution in [0.15, 0.2) is 24.3 Å². The van der Waals surface area contributed by atoms with E-state index in [0.717, 1.165) is 18.8 Å². The van der Waals surface area contributed by atoms with Crippen LogP contribution in [-0.2, 0) is 4.74 Å². The Kier molecular flexibility index (Phi) is 4.60. The Hall–Kier alpha value is -1.75. The molecule has 1 unspecified atom stereocenters. The lowest BCUT2D eigenvalue weighted by molar-refractivity contribution is 0.00773. The summed E-state index contributed by atoms with van der Waals surface area (Å²) in [7, 11) is 0. The van der Waals surface area contributed by atoms with Gasteiger partial charge in [0, 0.05) is 31.0 Å². The maximum atomic E-state index is 12.7. The van der Waals surface area contributed by atoms with E-state index in [2.05, 4.69) is 22.3 Å². The van der Waals surface area contributed by atoms with Crippen molar-refractivity contribution in [3.63, 3.8) is 0 Å². The fourth-order valence-electron chi connectivity index (χ4n) is 3.87. The molecule has 2 heterocycles. The number of ether oxygens (including phenoxy) is 1. The van der Waals surface area contributed by atoms with Gasteiger partial charge >= 0.3 is 6.03 Å². The van der Waals surface area contributed by atoms with Crippen LogP contribution in [0.5, 0.6) is 0 Å². The van der Waals surface area contributed by atoms with Crippen molar-refractivity contribution in [1.82, 2.24) is 4.90 Å². The first kappa shape index (κ1) is 15.8. The third-order valence-corrected chi connectivity index (χ3v) is 5.41. The van der Waals surface area contributed by atoms with Crippen LogP contribution in [0.3, 0.4) is 0 Å². The van der Waals surface area contributed by atoms with Gasteiger partial charge in [0.25, 0.3) is 0 Å². The number of rotatable bonds is 3. The van der Waals surface area contributed by atoms with Crippen molar-refractivity contribution >= 4 is 17.4 Å². The van der Waals surface area contributed by atoms with E-state index in [9.17, 15) is 4.79 Å². The van der Waals surface area contributed by atoms with Crippen LogP contribution < -0.4 is 10.2 Å². The van der Waals surface area contributed by atoms with Crippen molar-refractivity contribution in [1.29, 1.82) is 0 Å². The van der Waals surface area contributed by atoms with E-state index in [1.54, 1.807) is 0 Å². The second-order valence-corrected chi connectivity index (χ2v) is 7.20. The lowest BCUT2D eigenvalue weighted by atomic mass is 10.1. The summed E-state index contributed by atoms with van der Waals surface area (Å²) in [6, 6.07) is 8.54. The molecule has 130 valence electrons. The number of carbonyl (C=O) groups excluding carboxylic acids is 1. The lowest BCUT2D eigenvalue weighted by Gasteiger charge is -2.36. The first-order chi connectivity index (χ1) is 11.8. The summed E-state index contributed by atoms with van der Waals surface area (Å²) >= 11 is 0. The molecule has 1 atom stereocenters. The van der Waals surface area contributed by atoms with Gasteiger partial charge in [-0.05, 0) is 56.2 Å². The maximum absolute atomic E-state index is 12.7. The van der Waals surface area contributed by atoms with Crippen LogP contribution >= 0.6 is 0 Å². The first-order valence-corrected chi connectivity index (χ1v) is 9.32. The molecule has 3 aliphatic rings. The molecule has 4 rings (SSSR count). The quantitative estimate of drug-likeness (QED) is 0.925. The predicted octanol–water partition coefficient (Wildman–Crippen LogP) is 3.32. The third kappa shape index (κ3) is 3.51. The number of piperidine rings is 1. The second kappa shape index (κ2) is 7.01. The number of benzene rings is 1. The van der Waals surface area contributed by atoms with Crippen LogP contribution in [-0.4, -0.2) is 49.8 Å². The van der Waals surface area contributed by atoms with Gasteiger partial charge in [0.1, 0.15) is 0 Å². The molecule has 1 N–H and O–H groups in total. The van der Waals surface area contributed by atoms with E-state index >= 15 is 0 Å². The van der Waals surface area contributed by atoms with E-state index in [-0.39, 0.29) is 12.1 Å². The highest BCUT2D eigenvalue weighted by Gasteiger charge is 2.39. The summed E-state index contributed by atoms with van der Waals surface area (Å²) in [6.45, 7) is 4.25. The molecule has 0 aromatic heterocycles. The molecular weight excluding hydrogens is 302 g/mol.